The van der Waals surface area contributed by atoms with Gasteiger partial charge in [-0.15, -0.1) is 0 Å². The first kappa shape index (κ1) is 11.7. The van der Waals surface area contributed by atoms with Crippen molar-refractivity contribution in [3.8, 4) is 0 Å². The molecule has 1 aliphatic heterocycles. The summed E-state index contributed by atoms with van der Waals surface area (Å²) in [6.45, 7) is 3.96. The number of halogens is 1. The molecule has 4 heteroatoms. The Kier molecular flexibility index (Phi) is 3.69. The molecule has 2 rings (SSSR count). The summed E-state index contributed by atoms with van der Waals surface area (Å²) in [6.07, 6.45) is 5.09. The number of hydrogen-bond donors (Lipinski definition) is 0. The predicted octanol–water partition coefficient (Wildman–Crippen LogP) is 3.30. The lowest BCUT2D eigenvalue weighted by atomic mass is 10.0. The van der Waals surface area contributed by atoms with E-state index >= 15 is 0 Å². The normalized spacial score (nSPS) is 20.4. The summed E-state index contributed by atoms with van der Waals surface area (Å²) in [5.41, 5.74) is 0.636. The molecule has 0 bridgehead atoms. The first-order chi connectivity index (χ1) is 7.72. The summed E-state index contributed by atoms with van der Waals surface area (Å²) in [4.78, 5) is 14.0. The molecular formula is C12H16BrNO2. The maximum Gasteiger partial charge on any atom is 0.258 e. The van der Waals surface area contributed by atoms with Crippen molar-refractivity contribution in [2.75, 3.05) is 13.1 Å². The van der Waals surface area contributed by atoms with Crippen molar-refractivity contribution < 1.29 is 9.21 Å². The molecule has 0 spiro atoms. The molecular weight excluding hydrogens is 270 g/mol. The standard InChI is InChI=1S/C12H16BrNO2/c1-2-3-9-4-6-14(8-9)12(15)10-5-7-16-11(10)13/h5,7,9H,2-4,6,8H2,1H3. The highest BCUT2D eigenvalue weighted by Crippen LogP contribution is 2.25. The van der Waals surface area contributed by atoms with Crippen LogP contribution in [0, 0.1) is 5.92 Å². The molecule has 1 unspecified atom stereocenters. The molecule has 16 heavy (non-hydrogen) atoms. The quantitative estimate of drug-likeness (QED) is 0.854. The molecule has 0 radical (unpaired) electrons. The van der Waals surface area contributed by atoms with Crippen LogP contribution in [-0.2, 0) is 0 Å². The van der Waals surface area contributed by atoms with Gasteiger partial charge in [-0.3, -0.25) is 4.79 Å². The summed E-state index contributed by atoms with van der Waals surface area (Å²) in [6, 6.07) is 1.72. The molecule has 2 heterocycles. The van der Waals surface area contributed by atoms with E-state index in [-0.39, 0.29) is 5.91 Å². The van der Waals surface area contributed by atoms with Crippen LogP contribution in [0.5, 0.6) is 0 Å². The van der Waals surface area contributed by atoms with E-state index in [4.69, 9.17) is 4.42 Å². The Bertz CT molecular complexity index is 375. The highest BCUT2D eigenvalue weighted by Gasteiger charge is 2.27. The Hall–Kier alpha value is -0.770. The molecule has 1 fully saturated rings. The third-order valence-electron chi connectivity index (χ3n) is 3.12. The van der Waals surface area contributed by atoms with Crippen molar-refractivity contribution in [1.82, 2.24) is 4.90 Å². The predicted molar refractivity (Wildman–Crippen MR) is 65.3 cm³/mol. The average Bonchev–Trinajstić information content (AvgIpc) is 2.87. The number of nitrogens with zero attached hydrogens (tertiary/aromatic N) is 1. The van der Waals surface area contributed by atoms with Gasteiger partial charge < -0.3 is 9.32 Å². The second-order valence-electron chi connectivity index (χ2n) is 4.30. The van der Waals surface area contributed by atoms with Gasteiger partial charge in [0.1, 0.15) is 0 Å². The van der Waals surface area contributed by atoms with E-state index in [0.29, 0.717) is 16.2 Å². The Morgan fingerprint density at radius 3 is 3.12 bits per heavy atom. The van der Waals surface area contributed by atoms with E-state index in [1.807, 2.05) is 4.90 Å². The monoisotopic (exact) mass is 285 g/mol. The fraction of sp³-hybridized carbons (Fsp3) is 0.583. The van der Waals surface area contributed by atoms with E-state index in [1.165, 1.54) is 19.1 Å². The number of carbonyl (C=O) groups excluding carboxylic acids is 1. The average molecular weight is 286 g/mol. The Morgan fingerprint density at radius 1 is 1.69 bits per heavy atom. The third kappa shape index (κ3) is 2.32. The summed E-state index contributed by atoms with van der Waals surface area (Å²) >= 11 is 3.25. The molecule has 3 nitrogen and oxygen atoms in total. The summed E-state index contributed by atoms with van der Waals surface area (Å²) < 4.78 is 5.63. The van der Waals surface area contributed by atoms with Gasteiger partial charge in [0.25, 0.3) is 5.91 Å². The number of likely N-dealkylation sites (tertiary alicyclic amines) is 1. The van der Waals surface area contributed by atoms with Crippen molar-refractivity contribution in [2.24, 2.45) is 5.92 Å². The number of furan rings is 1. The van der Waals surface area contributed by atoms with Gasteiger partial charge >= 0.3 is 0 Å². The van der Waals surface area contributed by atoms with Crippen molar-refractivity contribution in [1.29, 1.82) is 0 Å². The van der Waals surface area contributed by atoms with Crippen LogP contribution >= 0.6 is 15.9 Å². The zero-order chi connectivity index (χ0) is 11.5. The number of carbonyl (C=O) groups is 1. The SMILES string of the molecule is CCCC1CCN(C(=O)c2ccoc2Br)C1. The molecule has 1 amide bonds. The van der Waals surface area contributed by atoms with E-state index in [1.54, 1.807) is 6.07 Å². The molecule has 0 saturated carbocycles. The molecule has 88 valence electrons. The lowest BCUT2D eigenvalue weighted by Crippen LogP contribution is -2.28. The zero-order valence-corrected chi connectivity index (χ0v) is 11.0. The largest absolute Gasteiger partial charge is 0.457 e. The van der Waals surface area contributed by atoms with Crippen LogP contribution in [0.2, 0.25) is 0 Å². The van der Waals surface area contributed by atoms with Crippen molar-refractivity contribution in [3.05, 3.63) is 22.6 Å². The van der Waals surface area contributed by atoms with Gasteiger partial charge in [0, 0.05) is 13.1 Å². The van der Waals surface area contributed by atoms with Crippen LogP contribution in [0.4, 0.5) is 0 Å². The minimum absolute atomic E-state index is 0.0826. The van der Waals surface area contributed by atoms with Crippen LogP contribution < -0.4 is 0 Å². The molecule has 0 aromatic carbocycles. The van der Waals surface area contributed by atoms with Gasteiger partial charge in [-0.25, -0.2) is 0 Å². The molecule has 1 aromatic heterocycles. The first-order valence-electron chi connectivity index (χ1n) is 5.74. The maximum atomic E-state index is 12.1. The van der Waals surface area contributed by atoms with Crippen LogP contribution in [0.3, 0.4) is 0 Å². The summed E-state index contributed by atoms with van der Waals surface area (Å²) in [5.74, 6) is 0.763. The fourth-order valence-corrected chi connectivity index (χ4v) is 2.69. The van der Waals surface area contributed by atoms with Crippen LogP contribution in [0.1, 0.15) is 36.5 Å². The first-order valence-corrected chi connectivity index (χ1v) is 6.54. The molecule has 1 aromatic rings. The van der Waals surface area contributed by atoms with Crippen LogP contribution in [-0.4, -0.2) is 23.9 Å². The number of hydrogen-bond acceptors (Lipinski definition) is 2. The third-order valence-corrected chi connectivity index (χ3v) is 3.73. The topological polar surface area (TPSA) is 33.5 Å². The van der Waals surface area contributed by atoms with Crippen LogP contribution in [0.15, 0.2) is 21.4 Å². The highest BCUT2D eigenvalue weighted by molar-refractivity contribution is 9.10. The molecule has 0 aliphatic carbocycles. The van der Waals surface area contributed by atoms with Gasteiger partial charge in [0.15, 0.2) is 4.67 Å². The summed E-state index contributed by atoms with van der Waals surface area (Å²) in [7, 11) is 0. The van der Waals surface area contributed by atoms with E-state index in [0.717, 1.165) is 19.5 Å². The minimum Gasteiger partial charge on any atom is -0.457 e. The van der Waals surface area contributed by atoms with Crippen molar-refractivity contribution >= 4 is 21.8 Å². The van der Waals surface area contributed by atoms with Gasteiger partial charge in [0.2, 0.25) is 0 Å². The van der Waals surface area contributed by atoms with Crippen molar-refractivity contribution in [2.45, 2.75) is 26.2 Å². The molecule has 1 atom stereocenters. The van der Waals surface area contributed by atoms with Gasteiger partial charge in [0.05, 0.1) is 11.8 Å². The summed E-state index contributed by atoms with van der Waals surface area (Å²) in [5, 5.41) is 0. The second-order valence-corrected chi connectivity index (χ2v) is 5.02. The van der Waals surface area contributed by atoms with Crippen LogP contribution in [0.25, 0.3) is 0 Å². The molecule has 1 saturated heterocycles. The Morgan fingerprint density at radius 2 is 2.50 bits per heavy atom. The van der Waals surface area contributed by atoms with Gasteiger partial charge in [-0.05, 0) is 40.8 Å². The van der Waals surface area contributed by atoms with E-state index < -0.39 is 0 Å². The minimum atomic E-state index is 0.0826. The molecule has 0 N–H and O–H groups in total. The van der Waals surface area contributed by atoms with Gasteiger partial charge in [-0.2, -0.15) is 0 Å². The zero-order valence-electron chi connectivity index (χ0n) is 9.41. The second kappa shape index (κ2) is 5.04. The number of rotatable bonds is 3. The lowest BCUT2D eigenvalue weighted by molar-refractivity contribution is 0.0784. The fourth-order valence-electron chi connectivity index (χ4n) is 2.28. The number of amides is 1. The Labute approximate surface area is 104 Å². The van der Waals surface area contributed by atoms with Crippen molar-refractivity contribution in [3.63, 3.8) is 0 Å². The maximum absolute atomic E-state index is 12.1. The van der Waals surface area contributed by atoms with Gasteiger partial charge in [-0.1, -0.05) is 13.3 Å². The van der Waals surface area contributed by atoms with E-state index in [2.05, 4.69) is 22.9 Å². The Balaban J connectivity index is 2.00. The van der Waals surface area contributed by atoms with E-state index in [9.17, 15) is 4.79 Å². The molecule has 1 aliphatic rings. The lowest BCUT2D eigenvalue weighted by Gasteiger charge is -2.15. The highest BCUT2D eigenvalue weighted by atomic mass is 79.9. The smallest absolute Gasteiger partial charge is 0.258 e.